The molecule has 9 heteroatoms. The van der Waals surface area contributed by atoms with Crippen molar-refractivity contribution in [3.8, 4) is 0 Å². The van der Waals surface area contributed by atoms with Crippen LogP contribution < -0.4 is 20.4 Å². The molecule has 0 spiro atoms. The maximum Gasteiger partial charge on any atom is 0.191 e. The Hall–Kier alpha value is -1.81. The molecular weight excluding hydrogens is 525 g/mol. The molecule has 0 aliphatic carbocycles. The Bertz CT molecular complexity index is 855. The van der Waals surface area contributed by atoms with Crippen molar-refractivity contribution in [2.45, 2.75) is 38.8 Å². The molecule has 168 valence electrons. The van der Waals surface area contributed by atoms with E-state index in [2.05, 4.69) is 49.5 Å². The Labute approximate surface area is 206 Å². The van der Waals surface area contributed by atoms with Crippen LogP contribution >= 0.6 is 35.6 Å². The van der Waals surface area contributed by atoms with Crippen molar-refractivity contribution >= 4 is 53.2 Å². The van der Waals surface area contributed by atoms with Gasteiger partial charge in [0.15, 0.2) is 5.96 Å². The predicted octanol–water partition coefficient (Wildman–Crippen LogP) is 3.68. The zero-order valence-corrected chi connectivity index (χ0v) is 21.0. The topological polar surface area (TPSA) is 68.7 Å². The highest BCUT2D eigenvalue weighted by molar-refractivity contribution is 14.0. The zero-order chi connectivity index (χ0) is 20.8. The quantitative estimate of drug-likeness (QED) is 0.322. The Morgan fingerprint density at radius 2 is 2.00 bits per heavy atom. The number of aromatic nitrogens is 2. The van der Waals surface area contributed by atoms with Gasteiger partial charge < -0.3 is 20.4 Å². The van der Waals surface area contributed by atoms with Gasteiger partial charge in [-0.3, -0.25) is 0 Å². The minimum atomic E-state index is 0. The van der Waals surface area contributed by atoms with Gasteiger partial charge in [-0.15, -0.1) is 24.0 Å². The minimum Gasteiger partial charge on any atom is -0.357 e. The van der Waals surface area contributed by atoms with Gasteiger partial charge in [0.05, 0.1) is 11.6 Å². The molecule has 1 atom stereocenters. The van der Waals surface area contributed by atoms with Crippen molar-refractivity contribution in [3.05, 3.63) is 47.2 Å². The van der Waals surface area contributed by atoms with Crippen LogP contribution in [-0.2, 0) is 6.54 Å². The number of hydrogen-bond acceptors (Lipinski definition) is 5. The van der Waals surface area contributed by atoms with Crippen molar-refractivity contribution in [3.63, 3.8) is 0 Å². The number of hydrogen-bond donors (Lipinski definition) is 2. The highest BCUT2D eigenvalue weighted by atomic mass is 127. The number of aliphatic imine (C=N–C) groups is 1. The average molecular weight is 556 g/mol. The van der Waals surface area contributed by atoms with Crippen LogP contribution in [0.3, 0.4) is 0 Å². The van der Waals surface area contributed by atoms with E-state index in [1.54, 1.807) is 6.20 Å². The summed E-state index contributed by atoms with van der Waals surface area (Å²) in [6, 6.07) is 8.30. The van der Waals surface area contributed by atoms with Crippen molar-refractivity contribution < 1.29 is 0 Å². The monoisotopic (exact) mass is 555 g/mol. The van der Waals surface area contributed by atoms with Gasteiger partial charge in [0.2, 0.25) is 0 Å². The van der Waals surface area contributed by atoms with Crippen molar-refractivity contribution in [2.24, 2.45) is 4.99 Å². The standard InChI is InChI=1S/C22H30ClN7.HI/c1-2-24-22(27-15-17-7-8-20(26-14-17)29-11-3-4-12-29)28-18-9-13-30(16-18)21-19(23)6-5-10-25-21;/h5-8,10,14,18H,2-4,9,11-13,15-16H2,1H3,(H2,24,27,28);1H. The summed E-state index contributed by atoms with van der Waals surface area (Å²) in [4.78, 5) is 18.4. The molecule has 2 saturated heterocycles. The normalized spacial score (nSPS) is 18.8. The molecule has 2 aliphatic rings. The summed E-state index contributed by atoms with van der Waals surface area (Å²) in [6.45, 7) is 7.51. The summed E-state index contributed by atoms with van der Waals surface area (Å²) < 4.78 is 0. The Kier molecular flexibility index (Phi) is 9.01. The number of anilines is 2. The third-order valence-electron chi connectivity index (χ3n) is 5.57. The first-order valence-electron chi connectivity index (χ1n) is 10.8. The summed E-state index contributed by atoms with van der Waals surface area (Å²) >= 11 is 6.31. The molecule has 4 rings (SSSR count). The van der Waals surface area contributed by atoms with Crippen LogP contribution in [0.1, 0.15) is 31.7 Å². The molecule has 31 heavy (non-hydrogen) atoms. The number of halogens is 2. The first-order chi connectivity index (χ1) is 14.7. The van der Waals surface area contributed by atoms with Gasteiger partial charge in [-0.1, -0.05) is 17.7 Å². The first kappa shape index (κ1) is 23.8. The third kappa shape index (κ3) is 6.35. The lowest BCUT2D eigenvalue weighted by Gasteiger charge is -2.20. The van der Waals surface area contributed by atoms with E-state index in [4.69, 9.17) is 16.6 Å². The number of nitrogens with zero attached hydrogens (tertiary/aromatic N) is 5. The highest BCUT2D eigenvalue weighted by Crippen LogP contribution is 2.25. The summed E-state index contributed by atoms with van der Waals surface area (Å²) in [6.07, 6.45) is 7.27. The van der Waals surface area contributed by atoms with Crippen LogP contribution in [0.25, 0.3) is 0 Å². The molecule has 2 aromatic heterocycles. The van der Waals surface area contributed by atoms with E-state index in [1.165, 1.54) is 12.8 Å². The molecule has 0 saturated carbocycles. The molecule has 0 radical (unpaired) electrons. The van der Waals surface area contributed by atoms with Gasteiger partial charge in [-0.25, -0.2) is 15.0 Å². The second kappa shape index (κ2) is 11.7. The molecule has 4 heterocycles. The van der Waals surface area contributed by atoms with E-state index >= 15 is 0 Å². The van der Waals surface area contributed by atoms with Gasteiger partial charge in [-0.2, -0.15) is 0 Å². The van der Waals surface area contributed by atoms with Gasteiger partial charge in [0, 0.05) is 51.2 Å². The van der Waals surface area contributed by atoms with Crippen LogP contribution in [0, 0.1) is 0 Å². The van der Waals surface area contributed by atoms with E-state index in [0.29, 0.717) is 17.6 Å². The largest absolute Gasteiger partial charge is 0.357 e. The van der Waals surface area contributed by atoms with Crippen LogP contribution in [0.5, 0.6) is 0 Å². The number of pyridine rings is 2. The lowest BCUT2D eigenvalue weighted by atomic mass is 10.2. The van der Waals surface area contributed by atoms with Gasteiger partial charge >= 0.3 is 0 Å². The molecule has 2 aromatic rings. The van der Waals surface area contributed by atoms with Crippen molar-refractivity contribution in [2.75, 3.05) is 42.5 Å². The molecule has 0 bridgehead atoms. The SMILES string of the molecule is CCNC(=NCc1ccc(N2CCCC2)nc1)NC1CCN(c2ncccc2Cl)C1.I. The maximum absolute atomic E-state index is 6.31. The number of guanidine groups is 1. The van der Waals surface area contributed by atoms with Crippen LogP contribution in [-0.4, -0.2) is 54.7 Å². The molecular formula is C22H31ClIN7. The fourth-order valence-corrected chi connectivity index (χ4v) is 4.25. The van der Waals surface area contributed by atoms with Crippen LogP contribution in [0.15, 0.2) is 41.7 Å². The summed E-state index contributed by atoms with van der Waals surface area (Å²) in [5.74, 6) is 2.76. The molecule has 2 fully saturated rings. The minimum absolute atomic E-state index is 0. The first-order valence-corrected chi connectivity index (χ1v) is 11.2. The van der Waals surface area contributed by atoms with Gasteiger partial charge in [0.25, 0.3) is 0 Å². The maximum atomic E-state index is 6.31. The molecule has 2 aliphatic heterocycles. The number of rotatable bonds is 6. The Morgan fingerprint density at radius 1 is 1.16 bits per heavy atom. The smallest absolute Gasteiger partial charge is 0.191 e. The predicted molar refractivity (Wildman–Crippen MR) is 139 cm³/mol. The van der Waals surface area contributed by atoms with Gasteiger partial charge in [0.1, 0.15) is 11.6 Å². The van der Waals surface area contributed by atoms with E-state index in [0.717, 1.165) is 62.3 Å². The zero-order valence-electron chi connectivity index (χ0n) is 17.9. The van der Waals surface area contributed by atoms with Gasteiger partial charge in [-0.05, 0) is 49.9 Å². The second-order valence-corrected chi connectivity index (χ2v) is 8.21. The van der Waals surface area contributed by atoms with Crippen LogP contribution in [0.2, 0.25) is 5.02 Å². The molecule has 1 unspecified atom stereocenters. The average Bonchev–Trinajstić information content (AvgIpc) is 3.45. The lowest BCUT2D eigenvalue weighted by molar-refractivity contribution is 0.648. The molecule has 2 N–H and O–H groups in total. The van der Waals surface area contributed by atoms with E-state index in [-0.39, 0.29) is 24.0 Å². The van der Waals surface area contributed by atoms with Crippen molar-refractivity contribution in [1.29, 1.82) is 0 Å². The van der Waals surface area contributed by atoms with E-state index < -0.39 is 0 Å². The van der Waals surface area contributed by atoms with E-state index in [1.807, 2.05) is 18.3 Å². The third-order valence-corrected chi connectivity index (χ3v) is 5.87. The summed E-state index contributed by atoms with van der Waals surface area (Å²) in [5.41, 5.74) is 1.11. The fraction of sp³-hybridized carbons (Fsp3) is 0.500. The Balaban J connectivity index is 0.00000272. The molecule has 0 amide bonds. The van der Waals surface area contributed by atoms with Crippen molar-refractivity contribution in [1.82, 2.24) is 20.6 Å². The van der Waals surface area contributed by atoms with Crippen LogP contribution in [0.4, 0.5) is 11.6 Å². The molecule has 7 nitrogen and oxygen atoms in total. The summed E-state index contributed by atoms with van der Waals surface area (Å²) in [5, 5.41) is 7.61. The van der Waals surface area contributed by atoms with E-state index in [9.17, 15) is 0 Å². The fourth-order valence-electron chi connectivity index (χ4n) is 4.01. The lowest BCUT2D eigenvalue weighted by Crippen LogP contribution is -2.44. The summed E-state index contributed by atoms with van der Waals surface area (Å²) in [7, 11) is 0. The highest BCUT2D eigenvalue weighted by Gasteiger charge is 2.25. The Morgan fingerprint density at radius 3 is 2.71 bits per heavy atom. The number of nitrogens with one attached hydrogen (secondary N) is 2. The molecule has 0 aromatic carbocycles. The second-order valence-electron chi connectivity index (χ2n) is 7.80.